The van der Waals surface area contributed by atoms with Crippen LogP contribution in [0, 0.1) is 0 Å². The maximum Gasteiger partial charge on any atom is 0.416 e. The number of halogens is 3. The summed E-state index contributed by atoms with van der Waals surface area (Å²) >= 11 is 0. The van der Waals surface area contributed by atoms with Crippen LogP contribution in [0.5, 0.6) is 0 Å². The zero-order valence-electron chi connectivity index (χ0n) is 15.7. The number of anilines is 1. The molecule has 0 bridgehead atoms. The van der Waals surface area contributed by atoms with Gasteiger partial charge in [-0.2, -0.15) is 17.5 Å². The fourth-order valence-electron chi connectivity index (χ4n) is 3.85. The molecule has 29 heavy (non-hydrogen) atoms. The van der Waals surface area contributed by atoms with Gasteiger partial charge in [-0.3, -0.25) is 0 Å². The predicted molar refractivity (Wildman–Crippen MR) is 102 cm³/mol. The number of benzene rings is 2. The molecule has 1 fully saturated rings. The molecular formula is C20H21F3N2O3S. The van der Waals surface area contributed by atoms with Crippen LogP contribution in [-0.4, -0.2) is 45.6 Å². The third kappa shape index (κ3) is 3.99. The molecule has 4 rings (SSSR count). The summed E-state index contributed by atoms with van der Waals surface area (Å²) in [5.74, 6) is 0. The normalized spacial score (nSPS) is 18.1. The highest BCUT2D eigenvalue weighted by Gasteiger charge is 2.34. The molecule has 156 valence electrons. The molecule has 0 N–H and O–H groups in total. The second-order valence-electron chi connectivity index (χ2n) is 7.13. The zero-order valence-corrected chi connectivity index (χ0v) is 16.5. The summed E-state index contributed by atoms with van der Waals surface area (Å²) < 4.78 is 72.2. The van der Waals surface area contributed by atoms with Crippen molar-refractivity contribution in [2.45, 2.75) is 24.0 Å². The lowest BCUT2D eigenvalue weighted by Crippen LogP contribution is -2.40. The Labute approximate surface area is 167 Å². The van der Waals surface area contributed by atoms with Crippen molar-refractivity contribution in [3.05, 3.63) is 59.2 Å². The molecule has 0 atom stereocenters. The topological polar surface area (TPSA) is 49.9 Å². The largest absolute Gasteiger partial charge is 0.416 e. The van der Waals surface area contributed by atoms with Crippen LogP contribution in [0.2, 0.25) is 0 Å². The fourth-order valence-corrected chi connectivity index (χ4v) is 5.31. The molecule has 0 unspecified atom stereocenters. The van der Waals surface area contributed by atoms with E-state index in [4.69, 9.17) is 4.74 Å². The third-order valence-corrected chi connectivity index (χ3v) is 7.23. The molecule has 0 spiro atoms. The molecule has 2 aliphatic heterocycles. The number of fused-ring (bicyclic) bond motifs is 1. The average molecular weight is 426 g/mol. The quantitative estimate of drug-likeness (QED) is 0.753. The molecule has 1 saturated heterocycles. The van der Waals surface area contributed by atoms with Crippen molar-refractivity contribution in [2.75, 3.05) is 37.7 Å². The maximum atomic E-state index is 13.3. The Morgan fingerprint density at radius 1 is 1.00 bits per heavy atom. The van der Waals surface area contributed by atoms with E-state index in [0.717, 1.165) is 17.3 Å². The minimum atomic E-state index is -4.41. The summed E-state index contributed by atoms with van der Waals surface area (Å²) in [4.78, 5) is 2.08. The average Bonchev–Trinajstić information content (AvgIpc) is 3.10. The standard InChI is InChI=1S/C20H21F3N2O3S/c21-20(22,23)18-4-2-1-3-16(18)14-24-8-7-15-13-17(5-6-19(15)24)29(26,27)25-9-11-28-12-10-25/h1-6,13H,7-12,14H2. The van der Waals surface area contributed by atoms with Crippen LogP contribution in [0.15, 0.2) is 47.4 Å². The van der Waals surface area contributed by atoms with Gasteiger partial charge in [0.25, 0.3) is 0 Å². The minimum absolute atomic E-state index is 0.123. The van der Waals surface area contributed by atoms with Gasteiger partial charge in [0.05, 0.1) is 23.7 Å². The Kier molecular flexibility index (Phi) is 5.30. The van der Waals surface area contributed by atoms with E-state index in [1.165, 1.54) is 22.5 Å². The number of hydrogen-bond donors (Lipinski definition) is 0. The Bertz CT molecular complexity index is 1000. The van der Waals surface area contributed by atoms with E-state index in [1.807, 2.05) is 4.90 Å². The van der Waals surface area contributed by atoms with Gasteiger partial charge < -0.3 is 9.64 Å². The van der Waals surface area contributed by atoms with E-state index in [0.29, 0.717) is 39.3 Å². The first kappa shape index (κ1) is 20.2. The molecule has 2 aliphatic rings. The highest BCUT2D eigenvalue weighted by molar-refractivity contribution is 7.89. The van der Waals surface area contributed by atoms with Crippen LogP contribution >= 0.6 is 0 Å². The molecule has 2 aromatic rings. The van der Waals surface area contributed by atoms with Gasteiger partial charge in [-0.15, -0.1) is 0 Å². The van der Waals surface area contributed by atoms with Crippen LogP contribution in [-0.2, 0) is 33.9 Å². The first-order valence-electron chi connectivity index (χ1n) is 9.38. The fraction of sp³-hybridized carbons (Fsp3) is 0.400. The van der Waals surface area contributed by atoms with Gasteiger partial charge in [0.15, 0.2) is 0 Å². The molecule has 5 nitrogen and oxygen atoms in total. The lowest BCUT2D eigenvalue weighted by atomic mass is 10.1. The summed E-state index contributed by atoms with van der Waals surface area (Å²) in [5, 5.41) is 0. The Hall–Kier alpha value is -2.10. The Morgan fingerprint density at radius 3 is 2.45 bits per heavy atom. The van der Waals surface area contributed by atoms with E-state index in [2.05, 4.69) is 0 Å². The first-order valence-corrected chi connectivity index (χ1v) is 10.8. The third-order valence-electron chi connectivity index (χ3n) is 5.33. The molecule has 0 aromatic heterocycles. The lowest BCUT2D eigenvalue weighted by molar-refractivity contribution is -0.138. The summed E-state index contributed by atoms with van der Waals surface area (Å²) in [5.41, 5.74) is 1.18. The lowest BCUT2D eigenvalue weighted by Gasteiger charge is -2.26. The number of hydrogen-bond acceptors (Lipinski definition) is 4. The van der Waals surface area contributed by atoms with Crippen molar-refractivity contribution in [3.8, 4) is 0 Å². The van der Waals surface area contributed by atoms with E-state index >= 15 is 0 Å². The molecule has 0 amide bonds. The van der Waals surface area contributed by atoms with E-state index in [1.54, 1.807) is 18.2 Å². The van der Waals surface area contributed by atoms with Gasteiger partial charge in [0, 0.05) is 31.9 Å². The van der Waals surface area contributed by atoms with Gasteiger partial charge in [-0.1, -0.05) is 18.2 Å². The van der Waals surface area contributed by atoms with E-state index in [-0.39, 0.29) is 17.0 Å². The number of alkyl halides is 3. The summed E-state index contributed by atoms with van der Waals surface area (Å²) in [7, 11) is -3.60. The zero-order chi connectivity index (χ0) is 20.6. The monoisotopic (exact) mass is 426 g/mol. The van der Waals surface area contributed by atoms with Crippen molar-refractivity contribution in [1.29, 1.82) is 0 Å². The van der Waals surface area contributed by atoms with Crippen LogP contribution in [0.1, 0.15) is 16.7 Å². The van der Waals surface area contributed by atoms with Crippen LogP contribution in [0.25, 0.3) is 0 Å². The van der Waals surface area contributed by atoms with Gasteiger partial charge in [-0.25, -0.2) is 8.42 Å². The summed E-state index contributed by atoms with van der Waals surface area (Å²) in [6.45, 7) is 2.05. The van der Waals surface area contributed by atoms with Gasteiger partial charge in [-0.05, 0) is 41.8 Å². The molecular weight excluding hydrogens is 405 g/mol. The summed E-state index contributed by atoms with van der Waals surface area (Å²) in [6.07, 6.45) is -3.81. The SMILES string of the molecule is O=S(=O)(c1ccc2c(c1)CCN2Cc1ccccc1C(F)(F)F)N1CCOCC1. The van der Waals surface area contributed by atoms with Gasteiger partial charge in [0.2, 0.25) is 10.0 Å². The highest BCUT2D eigenvalue weighted by atomic mass is 32.2. The molecule has 9 heteroatoms. The van der Waals surface area contributed by atoms with Crippen molar-refractivity contribution >= 4 is 15.7 Å². The van der Waals surface area contributed by atoms with Gasteiger partial charge >= 0.3 is 6.18 Å². The number of morpholine rings is 1. The number of ether oxygens (including phenoxy) is 1. The molecule has 0 radical (unpaired) electrons. The molecule has 0 saturated carbocycles. The Morgan fingerprint density at radius 2 is 1.72 bits per heavy atom. The van der Waals surface area contributed by atoms with Crippen LogP contribution < -0.4 is 4.90 Å². The van der Waals surface area contributed by atoms with E-state index in [9.17, 15) is 21.6 Å². The van der Waals surface area contributed by atoms with Crippen LogP contribution in [0.4, 0.5) is 18.9 Å². The van der Waals surface area contributed by atoms with Crippen molar-refractivity contribution in [1.82, 2.24) is 4.31 Å². The first-order chi connectivity index (χ1) is 13.8. The van der Waals surface area contributed by atoms with Crippen molar-refractivity contribution < 1.29 is 26.3 Å². The van der Waals surface area contributed by atoms with Crippen molar-refractivity contribution in [2.24, 2.45) is 0 Å². The van der Waals surface area contributed by atoms with Crippen molar-refractivity contribution in [3.63, 3.8) is 0 Å². The van der Waals surface area contributed by atoms with Crippen LogP contribution in [0.3, 0.4) is 0 Å². The number of sulfonamides is 1. The maximum absolute atomic E-state index is 13.3. The second kappa shape index (κ2) is 7.62. The second-order valence-corrected chi connectivity index (χ2v) is 9.07. The minimum Gasteiger partial charge on any atom is -0.379 e. The highest BCUT2D eigenvalue weighted by Crippen LogP contribution is 2.36. The summed E-state index contributed by atoms with van der Waals surface area (Å²) in [6, 6.07) is 10.4. The number of nitrogens with zero attached hydrogens (tertiary/aromatic N) is 2. The molecule has 2 aromatic carbocycles. The Balaban J connectivity index is 1.58. The molecule has 0 aliphatic carbocycles. The van der Waals surface area contributed by atoms with E-state index < -0.39 is 21.8 Å². The predicted octanol–water partition coefficient (Wildman–Crippen LogP) is 3.29. The smallest absolute Gasteiger partial charge is 0.379 e. The number of rotatable bonds is 4. The van der Waals surface area contributed by atoms with Gasteiger partial charge in [0.1, 0.15) is 0 Å². The molecule has 2 heterocycles.